The van der Waals surface area contributed by atoms with E-state index in [1.54, 1.807) is 6.20 Å². The van der Waals surface area contributed by atoms with E-state index in [-0.39, 0.29) is 5.91 Å². The van der Waals surface area contributed by atoms with Gasteiger partial charge < -0.3 is 4.98 Å². The SMILES string of the molecule is CCC(=NNC(=O)c1c[nH]c2ccccc12)c1cccc(Cl)c1. The fourth-order valence-corrected chi connectivity index (χ4v) is 2.64. The highest BCUT2D eigenvalue weighted by molar-refractivity contribution is 6.31. The quantitative estimate of drug-likeness (QED) is 0.543. The number of aromatic nitrogens is 1. The molecule has 0 saturated heterocycles. The summed E-state index contributed by atoms with van der Waals surface area (Å²) >= 11 is 6.01. The van der Waals surface area contributed by atoms with Crippen molar-refractivity contribution in [1.29, 1.82) is 0 Å². The molecule has 1 aromatic heterocycles. The van der Waals surface area contributed by atoms with Crippen LogP contribution in [-0.2, 0) is 0 Å². The van der Waals surface area contributed by atoms with Crippen molar-refractivity contribution in [3.05, 3.63) is 70.9 Å². The number of carbonyl (C=O) groups is 1. The molecule has 1 amide bonds. The minimum atomic E-state index is -0.240. The first-order chi connectivity index (χ1) is 11.2. The van der Waals surface area contributed by atoms with Gasteiger partial charge in [-0.2, -0.15) is 5.10 Å². The van der Waals surface area contributed by atoms with E-state index in [4.69, 9.17) is 11.6 Å². The highest BCUT2D eigenvalue weighted by atomic mass is 35.5. The Morgan fingerprint density at radius 3 is 2.83 bits per heavy atom. The van der Waals surface area contributed by atoms with Gasteiger partial charge in [-0.3, -0.25) is 4.79 Å². The maximum Gasteiger partial charge on any atom is 0.273 e. The number of rotatable bonds is 4. The molecule has 0 radical (unpaired) electrons. The van der Waals surface area contributed by atoms with Crippen LogP contribution in [0.1, 0.15) is 29.3 Å². The molecule has 0 aliphatic rings. The molecule has 5 heteroatoms. The van der Waals surface area contributed by atoms with Gasteiger partial charge in [-0.25, -0.2) is 5.43 Å². The molecule has 0 aliphatic carbocycles. The van der Waals surface area contributed by atoms with E-state index >= 15 is 0 Å². The maximum atomic E-state index is 12.4. The third-order valence-electron chi connectivity index (χ3n) is 3.62. The van der Waals surface area contributed by atoms with E-state index in [1.165, 1.54) is 0 Å². The molecule has 0 aliphatic heterocycles. The lowest BCUT2D eigenvalue weighted by atomic mass is 10.1. The highest BCUT2D eigenvalue weighted by Gasteiger charge is 2.11. The number of benzene rings is 2. The van der Waals surface area contributed by atoms with E-state index in [1.807, 2.05) is 55.5 Å². The number of hydrogen-bond donors (Lipinski definition) is 2. The zero-order valence-corrected chi connectivity index (χ0v) is 13.4. The third-order valence-corrected chi connectivity index (χ3v) is 3.85. The van der Waals surface area contributed by atoms with Crippen molar-refractivity contribution >= 4 is 34.1 Å². The monoisotopic (exact) mass is 325 g/mol. The molecule has 3 aromatic rings. The van der Waals surface area contributed by atoms with Gasteiger partial charge in [-0.05, 0) is 30.2 Å². The summed E-state index contributed by atoms with van der Waals surface area (Å²) in [6.45, 7) is 1.98. The Morgan fingerprint density at radius 2 is 2.04 bits per heavy atom. The Balaban J connectivity index is 1.84. The Morgan fingerprint density at radius 1 is 1.22 bits per heavy atom. The molecular formula is C18H16ClN3O. The Kier molecular flexibility index (Phi) is 4.44. The summed E-state index contributed by atoms with van der Waals surface area (Å²) in [5, 5.41) is 5.78. The van der Waals surface area contributed by atoms with E-state index < -0.39 is 0 Å². The number of nitrogens with zero attached hydrogens (tertiary/aromatic N) is 1. The molecule has 0 fully saturated rings. The van der Waals surface area contributed by atoms with Crippen LogP contribution in [0.3, 0.4) is 0 Å². The van der Waals surface area contributed by atoms with Gasteiger partial charge in [0.05, 0.1) is 11.3 Å². The minimum Gasteiger partial charge on any atom is -0.360 e. The summed E-state index contributed by atoms with van der Waals surface area (Å²) in [7, 11) is 0. The lowest BCUT2D eigenvalue weighted by molar-refractivity contribution is 0.0956. The molecule has 116 valence electrons. The molecular weight excluding hydrogens is 310 g/mol. The second-order valence-electron chi connectivity index (χ2n) is 5.11. The second-order valence-corrected chi connectivity index (χ2v) is 5.55. The average Bonchev–Trinajstić information content (AvgIpc) is 2.99. The number of carbonyl (C=O) groups excluding carboxylic acids is 1. The van der Waals surface area contributed by atoms with Crippen molar-refractivity contribution in [3.8, 4) is 0 Å². The largest absolute Gasteiger partial charge is 0.360 e. The van der Waals surface area contributed by atoms with E-state index in [0.717, 1.165) is 22.2 Å². The molecule has 0 atom stereocenters. The summed E-state index contributed by atoms with van der Waals surface area (Å²) in [4.78, 5) is 15.5. The van der Waals surface area contributed by atoms with Crippen molar-refractivity contribution in [2.24, 2.45) is 5.10 Å². The third kappa shape index (κ3) is 3.27. The maximum absolute atomic E-state index is 12.4. The van der Waals surface area contributed by atoms with Crippen LogP contribution in [0.4, 0.5) is 0 Å². The molecule has 1 heterocycles. The van der Waals surface area contributed by atoms with Gasteiger partial charge in [0.1, 0.15) is 0 Å². The Hall–Kier alpha value is -2.59. The summed E-state index contributed by atoms with van der Waals surface area (Å²) in [6.07, 6.45) is 2.38. The van der Waals surface area contributed by atoms with Gasteiger partial charge in [-0.1, -0.05) is 48.9 Å². The van der Waals surface area contributed by atoms with Gasteiger partial charge in [0.2, 0.25) is 0 Å². The van der Waals surface area contributed by atoms with Crippen molar-refractivity contribution in [2.75, 3.05) is 0 Å². The van der Waals surface area contributed by atoms with Crippen molar-refractivity contribution in [3.63, 3.8) is 0 Å². The smallest absolute Gasteiger partial charge is 0.273 e. The number of amides is 1. The summed E-state index contributed by atoms with van der Waals surface area (Å²) in [6, 6.07) is 15.1. The average molecular weight is 326 g/mol. The summed E-state index contributed by atoms with van der Waals surface area (Å²) in [5.41, 5.74) is 5.81. The number of nitrogens with one attached hydrogen (secondary N) is 2. The first kappa shape index (κ1) is 15.3. The Bertz CT molecular complexity index is 883. The fraction of sp³-hybridized carbons (Fsp3) is 0.111. The van der Waals surface area contributed by atoms with Crippen LogP contribution >= 0.6 is 11.6 Å². The predicted octanol–water partition coefficient (Wildman–Crippen LogP) is 4.37. The van der Waals surface area contributed by atoms with E-state index in [0.29, 0.717) is 17.0 Å². The topological polar surface area (TPSA) is 57.2 Å². The number of H-pyrrole nitrogens is 1. The first-order valence-electron chi connectivity index (χ1n) is 7.38. The van der Waals surface area contributed by atoms with Gasteiger partial charge in [-0.15, -0.1) is 0 Å². The standard InChI is InChI=1S/C18H16ClN3O/c1-2-16(12-6-5-7-13(19)10-12)21-22-18(23)15-11-20-17-9-4-3-8-14(15)17/h3-11,20H,2H2,1H3,(H,22,23). The Labute approximate surface area is 139 Å². The van der Waals surface area contributed by atoms with Crippen LogP contribution in [0.5, 0.6) is 0 Å². The normalized spacial score (nSPS) is 11.7. The lowest BCUT2D eigenvalue weighted by Crippen LogP contribution is -2.19. The predicted molar refractivity (Wildman–Crippen MR) is 94.0 cm³/mol. The van der Waals surface area contributed by atoms with Crippen LogP contribution in [0, 0.1) is 0 Å². The zero-order chi connectivity index (χ0) is 16.2. The van der Waals surface area contributed by atoms with Gasteiger partial charge >= 0.3 is 0 Å². The number of halogens is 1. The van der Waals surface area contributed by atoms with E-state index in [2.05, 4.69) is 15.5 Å². The number of para-hydroxylation sites is 1. The van der Waals surface area contributed by atoms with Gasteiger partial charge in [0, 0.05) is 22.1 Å². The summed E-state index contributed by atoms with van der Waals surface area (Å²) < 4.78 is 0. The van der Waals surface area contributed by atoms with E-state index in [9.17, 15) is 4.79 Å². The highest BCUT2D eigenvalue weighted by Crippen LogP contribution is 2.17. The van der Waals surface area contributed by atoms with Crippen molar-refractivity contribution < 1.29 is 4.79 Å². The molecule has 0 unspecified atom stereocenters. The number of aromatic amines is 1. The van der Waals surface area contributed by atoms with Crippen molar-refractivity contribution in [2.45, 2.75) is 13.3 Å². The zero-order valence-electron chi connectivity index (χ0n) is 12.6. The molecule has 0 saturated carbocycles. The van der Waals surface area contributed by atoms with Gasteiger partial charge in [0.15, 0.2) is 0 Å². The molecule has 0 spiro atoms. The molecule has 4 nitrogen and oxygen atoms in total. The molecule has 23 heavy (non-hydrogen) atoms. The minimum absolute atomic E-state index is 0.240. The van der Waals surface area contributed by atoms with Crippen LogP contribution in [0.15, 0.2) is 59.8 Å². The number of hydrogen-bond acceptors (Lipinski definition) is 2. The molecule has 3 rings (SSSR count). The second kappa shape index (κ2) is 6.67. The number of fused-ring (bicyclic) bond motifs is 1. The first-order valence-corrected chi connectivity index (χ1v) is 7.76. The molecule has 2 N–H and O–H groups in total. The van der Waals surface area contributed by atoms with Crippen LogP contribution < -0.4 is 5.43 Å². The lowest BCUT2D eigenvalue weighted by Gasteiger charge is -2.05. The number of hydrazone groups is 1. The van der Waals surface area contributed by atoms with Crippen molar-refractivity contribution in [1.82, 2.24) is 10.4 Å². The van der Waals surface area contributed by atoms with Crippen LogP contribution in [0.2, 0.25) is 5.02 Å². The fourth-order valence-electron chi connectivity index (χ4n) is 2.45. The van der Waals surface area contributed by atoms with Crippen LogP contribution in [-0.4, -0.2) is 16.6 Å². The molecule has 0 bridgehead atoms. The van der Waals surface area contributed by atoms with Gasteiger partial charge in [0.25, 0.3) is 5.91 Å². The van der Waals surface area contributed by atoms with Crippen LogP contribution in [0.25, 0.3) is 10.9 Å². The summed E-state index contributed by atoms with van der Waals surface area (Å²) in [5.74, 6) is -0.240. The molecule has 2 aromatic carbocycles.